The van der Waals surface area contributed by atoms with Crippen LogP contribution in [0.5, 0.6) is 0 Å². The Morgan fingerprint density at radius 1 is 0.725 bits per heavy atom. The van der Waals surface area contributed by atoms with Crippen molar-refractivity contribution >= 4 is 23.7 Å². The molecule has 15 nitrogen and oxygen atoms in total. The zero-order valence-corrected chi connectivity index (χ0v) is 40.6. The number of H-pyrrole nitrogens is 2. The van der Waals surface area contributed by atoms with Gasteiger partial charge in [0.2, 0.25) is 0 Å². The van der Waals surface area contributed by atoms with E-state index in [0.29, 0.717) is 53.9 Å². The van der Waals surface area contributed by atoms with Gasteiger partial charge in [0.1, 0.15) is 25.3 Å². The van der Waals surface area contributed by atoms with E-state index in [1.54, 1.807) is 32.0 Å². The van der Waals surface area contributed by atoms with Crippen LogP contribution < -0.4 is 22.5 Å². The van der Waals surface area contributed by atoms with Gasteiger partial charge in [-0.1, -0.05) is 76.2 Å². The van der Waals surface area contributed by atoms with E-state index in [4.69, 9.17) is 14.2 Å². The fourth-order valence-electron chi connectivity index (χ4n) is 13.2. The number of esters is 3. The Hall–Kier alpha value is -6.12. The molecule has 2 N–H and O–H groups in total. The Kier molecular flexibility index (Phi) is 14.3. The van der Waals surface area contributed by atoms with E-state index in [0.717, 1.165) is 42.2 Å². The molecule has 2 aromatic carbocycles. The van der Waals surface area contributed by atoms with Crippen LogP contribution in [0.2, 0.25) is 0 Å². The first-order valence-corrected chi connectivity index (χ1v) is 24.7. The van der Waals surface area contributed by atoms with Gasteiger partial charge >= 0.3 is 29.3 Å². The standard InChI is InChI=1S/C54H66N4O11/c1-31(15-20-45(59)67-30-34(4)36-13-10-14-37(23-36)48(62)35-11-8-7-9-12-35)41-18-19-42-40-17-16-38-24-39(68-46(60)28-57-26-32(2)49(63)55-51(57)65)21-22-53(38,5)43(40)25-44(54(41,42)6)69-47(61)29-58-27-33(3)50(64)56-52(58)66/h7-14,23,26-27,31,34,38-44H,15-22,24-25,28-30H2,1-6H3,(H,55,63,65)(H,56,64,66)/t31-,34-,38-,39-,40+,41-,42+,43+,44+,53+,54-/m1/s1. The highest BCUT2D eigenvalue weighted by Gasteiger charge is 2.65. The van der Waals surface area contributed by atoms with Crippen LogP contribution in [0, 0.1) is 60.2 Å². The van der Waals surface area contributed by atoms with E-state index in [1.165, 1.54) is 17.0 Å². The van der Waals surface area contributed by atoms with Crippen LogP contribution in [-0.4, -0.2) is 61.6 Å². The highest BCUT2D eigenvalue weighted by atomic mass is 16.6. The average molecular weight is 947 g/mol. The molecule has 4 fully saturated rings. The number of nitrogens with one attached hydrogen (secondary N) is 2. The lowest BCUT2D eigenvalue weighted by Crippen LogP contribution is -2.60. The van der Waals surface area contributed by atoms with Crippen molar-refractivity contribution in [3.63, 3.8) is 0 Å². The number of aromatic amines is 2. The molecule has 8 rings (SSSR count). The molecule has 2 heterocycles. The fraction of sp³-hybridized carbons (Fsp3) is 0.556. The van der Waals surface area contributed by atoms with E-state index < -0.39 is 46.0 Å². The smallest absolute Gasteiger partial charge is 0.328 e. The van der Waals surface area contributed by atoms with Gasteiger partial charge in [0.15, 0.2) is 5.78 Å². The number of hydrogen-bond acceptors (Lipinski definition) is 11. The Bertz CT molecular complexity index is 2830. The number of fused-ring (bicyclic) bond motifs is 5. The van der Waals surface area contributed by atoms with Crippen LogP contribution in [0.3, 0.4) is 0 Å². The molecule has 4 saturated carbocycles. The van der Waals surface area contributed by atoms with Gasteiger partial charge in [0.25, 0.3) is 11.1 Å². The lowest BCUT2D eigenvalue weighted by atomic mass is 9.43. The minimum atomic E-state index is -0.684. The summed E-state index contributed by atoms with van der Waals surface area (Å²) in [4.78, 5) is 107. The predicted octanol–water partition coefficient (Wildman–Crippen LogP) is 6.79. The number of nitrogens with zero attached hydrogens (tertiary/aromatic N) is 2. The minimum absolute atomic E-state index is 0.0642. The first kappa shape index (κ1) is 49.3. The molecule has 11 atom stereocenters. The van der Waals surface area contributed by atoms with Crippen LogP contribution in [0.4, 0.5) is 0 Å². The molecule has 0 aliphatic heterocycles. The van der Waals surface area contributed by atoms with Crippen molar-refractivity contribution < 1.29 is 33.4 Å². The van der Waals surface area contributed by atoms with Crippen LogP contribution in [0.1, 0.15) is 130 Å². The van der Waals surface area contributed by atoms with Crippen molar-refractivity contribution in [1.29, 1.82) is 0 Å². The molecule has 0 unspecified atom stereocenters. The van der Waals surface area contributed by atoms with E-state index in [-0.39, 0.29) is 84.9 Å². The van der Waals surface area contributed by atoms with Gasteiger partial charge in [-0.3, -0.25) is 47.9 Å². The van der Waals surface area contributed by atoms with Crippen LogP contribution in [-0.2, 0) is 41.7 Å². The van der Waals surface area contributed by atoms with Crippen molar-refractivity contribution in [2.75, 3.05) is 6.61 Å². The topological polar surface area (TPSA) is 206 Å². The van der Waals surface area contributed by atoms with Gasteiger partial charge in [-0.2, -0.15) is 0 Å². The predicted molar refractivity (Wildman–Crippen MR) is 257 cm³/mol. The summed E-state index contributed by atoms with van der Waals surface area (Å²) in [7, 11) is 0. The van der Waals surface area contributed by atoms with Crippen molar-refractivity contribution in [2.24, 2.45) is 46.3 Å². The second-order valence-electron chi connectivity index (χ2n) is 21.1. The maximum atomic E-state index is 14.0. The third kappa shape index (κ3) is 10.1. The lowest BCUT2D eigenvalue weighted by Gasteiger charge is -2.62. The van der Waals surface area contributed by atoms with Gasteiger partial charge in [-0.15, -0.1) is 0 Å². The zero-order valence-electron chi connectivity index (χ0n) is 40.6. The Balaban J connectivity index is 0.946. The molecule has 0 bridgehead atoms. The maximum Gasteiger partial charge on any atom is 0.328 e. The summed E-state index contributed by atoms with van der Waals surface area (Å²) in [5.74, 6) is -0.255. The quantitative estimate of drug-likeness (QED) is 0.0721. The number of ketones is 1. The van der Waals surface area contributed by atoms with Gasteiger partial charge in [0.05, 0.1) is 6.61 Å². The Morgan fingerprint density at radius 2 is 1.36 bits per heavy atom. The van der Waals surface area contributed by atoms with Crippen LogP contribution >= 0.6 is 0 Å². The summed E-state index contributed by atoms with van der Waals surface area (Å²) in [5.41, 5.74) is -0.164. The third-order valence-electron chi connectivity index (χ3n) is 17.1. The number of ether oxygens (including phenoxy) is 3. The molecule has 2 aromatic heterocycles. The molecule has 0 amide bonds. The highest BCUT2D eigenvalue weighted by Crippen LogP contribution is 2.69. The monoisotopic (exact) mass is 946 g/mol. The summed E-state index contributed by atoms with van der Waals surface area (Å²) in [6.45, 7) is 11.5. The number of rotatable bonds is 15. The van der Waals surface area contributed by atoms with E-state index in [2.05, 4.69) is 30.7 Å². The van der Waals surface area contributed by atoms with Gasteiger partial charge in [-0.05, 0) is 124 Å². The largest absolute Gasteiger partial charge is 0.465 e. The van der Waals surface area contributed by atoms with Crippen molar-refractivity contribution in [2.45, 2.75) is 137 Å². The van der Waals surface area contributed by atoms with Gasteiger partial charge in [-0.25, -0.2) is 9.59 Å². The first-order chi connectivity index (χ1) is 32.8. The first-order valence-electron chi connectivity index (χ1n) is 24.7. The SMILES string of the molecule is Cc1cn(CC(=O)O[C@@H]2CC[C@@]3(C)[C@H](CC[C@@H]4[C@@H]3C[C@H](OC(=O)Cn3cc(C)c(=O)[nH]c3=O)[C@]3(C)[C@@H]([C@H](C)CCC(=O)OC[C@@H](C)c5cccc(C(=O)c6ccccc6)c5)CC[C@@H]43)C2)c(=O)[nH]c1=O. The molecule has 4 aliphatic rings. The lowest BCUT2D eigenvalue weighted by molar-refractivity contribution is -0.199. The van der Waals surface area contributed by atoms with E-state index in [9.17, 15) is 38.4 Å². The number of benzene rings is 2. The Labute approximate surface area is 401 Å². The number of carbonyl (C=O) groups excluding carboxylic acids is 4. The number of aryl methyl sites for hydroxylation is 2. The van der Waals surface area contributed by atoms with Crippen molar-refractivity contribution in [3.05, 3.63) is 136 Å². The van der Waals surface area contributed by atoms with Gasteiger partial charge < -0.3 is 14.2 Å². The molecular formula is C54H66N4O11. The molecule has 69 heavy (non-hydrogen) atoms. The van der Waals surface area contributed by atoms with Crippen molar-refractivity contribution in [1.82, 2.24) is 19.1 Å². The third-order valence-corrected chi connectivity index (χ3v) is 17.1. The van der Waals surface area contributed by atoms with E-state index >= 15 is 0 Å². The second kappa shape index (κ2) is 20.1. The summed E-state index contributed by atoms with van der Waals surface area (Å²) >= 11 is 0. The summed E-state index contributed by atoms with van der Waals surface area (Å²) < 4.78 is 20.8. The fourth-order valence-corrected chi connectivity index (χ4v) is 13.2. The van der Waals surface area contributed by atoms with E-state index in [1.807, 2.05) is 43.3 Å². The second-order valence-corrected chi connectivity index (χ2v) is 21.1. The zero-order chi connectivity index (χ0) is 49.4. The van der Waals surface area contributed by atoms with Crippen LogP contribution in [0.15, 0.2) is 86.2 Å². The minimum Gasteiger partial charge on any atom is -0.465 e. The van der Waals surface area contributed by atoms with Crippen LogP contribution in [0.25, 0.3) is 0 Å². The molecule has 15 heteroatoms. The van der Waals surface area contributed by atoms with Crippen molar-refractivity contribution in [3.8, 4) is 0 Å². The Morgan fingerprint density at radius 3 is 2.03 bits per heavy atom. The summed E-state index contributed by atoms with van der Waals surface area (Å²) in [5, 5.41) is 0. The molecule has 0 radical (unpaired) electrons. The summed E-state index contributed by atoms with van der Waals surface area (Å²) in [6, 6.07) is 16.6. The normalized spacial score (nSPS) is 28.0. The van der Waals surface area contributed by atoms with Gasteiger partial charge in [0, 0.05) is 52.4 Å². The molecule has 0 saturated heterocycles. The molecular weight excluding hydrogens is 881 g/mol. The molecule has 368 valence electrons. The number of carbonyl (C=O) groups is 4. The molecule has 4 aromatic rings. The average Bonchev–Trinajstić information content (AvgIpc) is 3.69. The molecule has 0 spiro atoms. The maximum absolute atomic E-state index is 14.0. The summed E-state index contributed by atoms with van der Waals surface area (Å²) in [6.07, 6.45) is 9.38. The number of aromatic nitrogens is 4. The molecule has 4 aliphatic carbocycles. The highest BCUT2D eigenvalue weighted by molar-refractivity contribution is 6.09. The number of hydrogen-bond donors (Lipinski definition) is 2.